The van der Waals surface area contributed by atoms with E-state index in [1.165, 1.54) is 12.4 Å². The molecule has 1 aromatic rings. The zero-order chi connectivity index (χ0) is 12.6. The SMILES string of the molecule is C[Si](C)(C)C(c1ncc(F)cn1)[Si](C)(C)C. The first-order valence-electron chi connectivity index (χ1n) is 5.60. The summed E-state index contributed by atoms with van der Waals surface area (Å²) >= 11 is 0. The molecule has 90 valence electrons. The van der Waals surface area contributed by atoms with Gasteiger partial charge in [0.15, 0.2) is 5.82 Å². The van der Waals surface area contributed by atoms with Crippen LogP contribution in [0.4, 0.5) is 4.39 Å². The van der Waals surface area contributed by atoms with Crippen LogP contribution >= 0.6 is 0 Å². The van der Waals surface area contributed by atoms with E-state index in [1.807, 2.05) is 0 Å². The summed E-state index contributed by atoms with van der Waals surface area (Å²) in [5, 5.41) is 0.473. The van der Waals surface area contributed by atoms with Gasteiger partial charge in [-0.05, 0) is 0 Å². The first-order chi connectivity index (χ1) is 7.12. The molecule has 0 bridgehead atoms. The van der Waals surface area contributed by atoms with Gasteiger partial charge < -0.3 is 0 Å². The van der Waals surface area contributed by atoms with Gasteiger partial charge in [0, 0.05) is 5.16 Å². The third-order valence-electron chi connectivity index (χ3n) is 2.63. The molecular weight excluding hydrogens is 235 g/mol. The van der Waals surface area contributed by atoms with Gasteiger partial charge in [0.25, 0.3) is 0 Å². The maximum absolute atomic E-state index is 12.8. The minimum Gasteiger partial charge on any atom is -0.239 e. The summed E-state index contributed by atoms with van der Waals surface area (Å²) in [6, 6.07) is 0. The Balaban J connectivity index is 3.18. The maximum Gasteiger partial charge on any atom is 0.159 e. The average Bonchev–Trinajstić information content (AvgIpc) is 2.03. The topological polar surface area (TPSA) is 25.8 Å². The van der Waals surface area contributed by atoms with Crippen molar-refractivity contribution < 1.29 is 4.39 Å². The number of hydrogen-bond acceptors (Lipinski definition) is 2. The Labute approximate surface area is 99.4 Å². The predicted molar refractivity (Wildman–Crippen MR) is 71.4 cm³/mol. The van der Waals surface area contributed by atoms with E-state index < -0.39 is 16.1 Å². The summed E-state index contributed by atoms with van der Waals surface area (Å²) in [4.78, 5) is 8.39. The van der Waals surface area contributed by atoms with Gasteiger partial charge in [-0.15, -0.1) is 0 Å². The minimum absolute atomic E-state index is 0.353. The molecule has 1 aromatic heterocycles. The molecule has 0 fully saturated rings. The molecule has 0 atom stereocenters. The van der Waals surface area contributed by atoms with Crippen LogP contribution in [0.1, 0.15) is 11.0 Å². The maximum atomic E-state index is 12.8. The van der Waals surface area contributed by atoms with Gasteiger partial charge in [0.05, 0.1) is 28.5 Å². The second-order valence-corrected chi connectivity index (χ2v) is 17.6. The molecule has 0 amide bonds. The highest BCUT2D eigenvalue weighted by atomic mass is 28.4. The minimum atomic E-state index is -1.37. The lowest BCUT2D eigenvalue weighted by Gasteiger charge is -2.36. The van der Waals surface area contributed by atoms with Crippen molar-refractivity contribution in [2.24, 2.45) is 0 Å². The molecule has 16 heavy (non-hydrogen) atoms. The molecule has 0 radical (unpaired) electrons. The van der Waals surface area contributed by atoms with Crippen molar-refractivity contribution in [2.75, 3.05) is 0 Å². The van der Waals surface area contributed by atoms with Crippen molar-refractivity contribution in [1.82, 2.24) is 9.97 Å². The van der Waals surface area contributed by atoms with Crippen LogP contribution in [0.2, 0.25) is 39.3 Å². The highest BCUT2D eigenvalue weighted by Gasteiger charge is 2.40. The van der Waals surface area contributed by atoms with Gasteiger partial charge in [-0.25, -0.2) is 14.4 Å². The molecule has 0 aliphatic heterocycles. The molecule has 0 aliphatic rings. The number of nitrogens with zero attached hydrogens (tertiary/aromatic N) is 2. The molecule has 0 unspecified atom stereocenters. The molecule has 1 heterocycles. The number of rotatable bonds is 3. The van der Waals surface area contributed by atoms with Crippen molar-refractivity contribution in [2.45, 2.75) is 44.4 Å². The van der Waals surface area contributed by atoms with Gasteiger partial charge in [-0.3, -0.25) is 0 Å². The Morgan fingerprint density at radius 3 is 1.62 bits per heavy atom. The number of aromatic nitrogens is 2. The van der Waals surface area contributed by atoms with E-state index in [2.05, 4.69) is 49.3 Å². The molecule has 0 aliphatic carbocycles. The quantitative estimate of drug-likeness (QED) is 0.774. The first kappa shape index (κ1) is 13.5. The zero-order valence-corrected chi connectivity index (χ0v) is 13.0. The van der Waals surface area contributed by atoms with E-state index in [4.69, 9.17) is 0 Å². The summed E-state index contributed by atoms with van der Waals surface area (Å²) in [6.45, 7) is 14.0. The molecule has 0 saturated carbocycles. The molecule has 1 rings (SSSR count). The highest BCUT2D eigenvalue weighted by molar-refractivity contribution is 6.96. The van der Waals surface area contributed by atoms with E-state index in [1.54, 1.807) is 0 Å². The smallest absolute Gasteiger partial charge is 0.159 e. The largest absolute Gasteiger partial charge is 0.239 e. The fourth-order valence-corrected chi connectivity index (χ4v) is 14.8. The third kappa shape index (κ3) is 3.22. The fourth-order valence-electron chi connectivity index (χ4n) is 2.54. The molecule has 5 heteroatoms. The lowest BCUT2D eigenvalue weighted by molar-refractivity contribution is 0.609. The van der Waals surface area contributed by atoms with Gasteiger partial charge in [0.2, 0.25) is 0 Å². The van der Waals surface area contributed by atoms with Crippen LogP contribution < -0.4 is 0 Å². The van der Waals surface area contributed by atoms with E-state index in [0.717, 1.165) is 5.82 Å². The molecule has 2 nitrogen and oxygen atoms in total. The molecule has 0 aromatic carbocycles. The van der Waals surface area contributed by atoms with Crippen molar-refractivity contribution in [1.29, 1.82) is 0 Å². The van der Waals surface area contributed by atoms with Gasteiger partial charge in [-0.2, -0.15) is 0 Å². The highest BCUT2D eigenvalue weighted by Crippen LogP contribution is 2.33. The van der Waals surface area contributed by atoms with Crippen LogP contribution in [0.15, 0.2) is 12.4 Å². The second kappa shape index (κ2) is 4.37. The number of halogens is 1. The number of hydrogen-bond donors (Lipinski definition) is 0. The molecule has 0 spiro atoms. The Morgan fingerprint density at radius 1 is 0.938 bits per heavy atom. The van der Waals surface area contributed by atoms with Crippen molar-refractivity contribution >= 4 is 16.1 Å². The second-order valence-electron chi connectivity index (χ2n) is 6.42. The van der Waals surface area contributed by atoms with Crippen LogP contribution in [-0.2, 0) is 0 Å². The predicted octanol–water partition coefficient (Wildman–Crippen LogP) is 3.45. The van der Waals surface area contributed by atoms with Gasteiger partial charge in [0.1, 0.15) is 5.82 Å². The zero-order valence-electron chi connectivity index (χ0n) is 11.0. The van der Waals surface area contributed by atoms with Crippen molar-refractivity contribution in [3.05, 3.63) is 24.0 Å². The molecular formula is C11H21FN2Si2. The third-order valence-corrected chi connectivity index (χ3v) is 11.8. The molecule has 0 N–H and O–H groups in total. The summed E-state index contributed by atoms with van der Waals surface area (Å²) in [5.41, 5.74) is 0. The van der Waals surface area contributed by atoms with Crippen LogP contribution in [0, 0.1) is 5.82 Å². The monoisotopic (exact) mass is 256 g/mol. The van der Waals surface area contributed by atoms with E-state index >= 15 is 0 Å². The first-order valence-corrected chi connectivity index (χ1v) is 12.8. The average molecular weight is 256 g/mol. The summed E-state index contributed by atoms with van der Waals surface area (Å²) in [5.74, 6) is 0.494. The Morgan fingerprint density at radius 2 is 1.31 bits per heavy atom. The van der Waals surface area contributed by atoms with E-state index in [-0.39, 0.29) is 5.82 Å². The van der Waals surface area contributed by atoms with E-state index in [0.29, 0.717) is 5.16 Å². The normalized spacial score (nSPS) is 13.2. The summed E-state index contributed by atoms with van der Waals surface area (Å²) in [6.07, 6.45) is 2.57. The van der Waals surface area contributed by atoms with Gasteiger partial charge >= 0.3 is 0 Å². The van der Waals surface area contributed by atoms with Gasteiger partial charge in [-0.1, -0.05) is 39.3 Å². The van der Waals surface area contributed by atoms with Crippen LogP contribution in [0.25, 0.3) is 0 Å². The Hall–Kier alpha value is -0.556. The lowest BCUT2D eigenvalue weighted by Crippen LogP contribution is -2.47. The van der Waals surface area contributed by atoms with Crippen molar-refractivity contribution in [3.8, 4) is 0 Å². The summed E-state index contributed by atoms with van der Waals surface area (Å²) in [7, 11) is -2.73. The Kier molecular flexibility index (Phi) is 3.69. The summed E-state index contributed by atoms with van der Waals surface area (Å²) < 4.78 is 12.8. The lowest BCUT2D eigenvalue weighted by atomic mass is 10.6. The van der Waals surface area contributed by atoms with Crippen molar-refractivity contribution in [3.63, 3.8) is 0 Å². The Bertz CT molecular complexity index is 338. The van der Waals surface area contributed by atoms with E-state index in [9.17, 15) is 4.39 Å². The standard InChI is InChI=1S/C11H21FN2Si2/c1-15(2,3)11(16(4,5)6)10-13-7-9(12)8-14-10/h7-8,11H,1-6H3. The fraction of sp³-hybridized carbons (Fsp3) is 0.636. The van der Waals surface area contributed by atoms with Crippen LogP contribution in [-0.4, -0.2) is 26.1 Å². The van der Waals surface area contributed by atoms with Crippen LogP contribution in [0.5, 0.6) is 0 Å². The van der Waals surface area contributed by atoms with Crippen LogP contribution in [0.3, 0.4) is 0 Å². The molecule has 0 saturated heterocycles.